The molecule has 7 nitrogen and oxygen atoms in total. The zero-order chi connectivity index (χ0) is 24.2. The van der Waals surface area contributed by atoms with Crippen molar-refractivity contribution in [3.8, 4) is 17.2 Å². The molecule has 0 aromatic heterocycles. The largest absolute Gasteiger partial charge is 0.442 e. The number of carbonyl (C=O) groups excluding carboxylic acids is 2. The fourth-order valence-electron chi connectivity index (χ4n) is 4.44. The number of nitrogens with zero attached hydrogens (tertiary/aromatic N) is 3. The normalized spacial score (nSPS) is 18.5. The zero-order valence-corrected chi connectivity index (χ0v) is 18.9. The summed E-state index contributed by atoms with van der Waals surface area (Å²) in [5.41, 5.74) is 1.43. The molecular formula is C25H26F2N4O3. The second kappa shape index (κ2) is 10.1. The number of rotatable bonds is 6. The molecule has 2 aromatic rings. The smallest absolute Gasteiger partial charge is 0.414 e. The van der Waals surface area contributed by atoms with Crippen LogP contribution in [0.2, 0.25) is 0 Å². The van der Waals surface area contributed by atoms with Gasteiger partial charge in [-0.2, -0.15) is 5.26 Å². The van der Waals surface area contributed by atoms with Crippen LogP contribution in [0.1, 0.15) is 26.2 Å². The van der Waals surface area contributed by atoms with Gasteiger partial charge in [0.05, 0.1) is 30.5 Å². The molecule has 0 saturated carbocycles. The van der Waals surface area contributed by atoms with Crippen molar-refractivity contribution in [1.29, 1.82) is 5.26 Å². The highest BCUT2D eigenvalue weighted by Crippen LogP contribution is 2.33. The number of ether oxygens (including phenoxy) is 1. The van der Waals surface area contributed by atoms with Crippen molar-refractivity contribution in [3.05, 3.63) is 48.0 Å². The number of cyclic esters (lactones) is 1. The molecular weight excluding hydrogens is 442 g/mol. The molecule has 34 heavy (non-hydrogen) atoms. The third-order valence-electron chi connectivity index (χ3n) is 6.31. The maximum atomic E-state index is 15.0. The van der Waals surface area contributed by atoms with Gasteiger partial charge in [-0.3, -0.25) is 9.69 Å². The Labute approximate surface area is 196 Å². The van der Waals surface area contributed by atoms with Gasteiger partial charge in [0.15, 0.2) is 0 Å². The SMILES string of the molecule is CC(=O)NC[C@H]1CN(c2ccc(-c3ccc(N4CCC(CC#N)CC4)c(F)c3)c(F)c2)C(=O)O1. The molecule has 178 valence electrons. The third-order valence-corrected chi connectivity index (χ3v) is 6.31. The molecule has 2 aliphatic heterocycles. The lowest BCUT2D eigenvalue weighted by molar-refractivity contribution is -0.119. The van der Waals surface area contributed by atoms with E-state index < -0.39 is 23.8 Å². The molecule has 2 fully saturated rings. The minimum absolute atomic E-state index is 0.180. The molecule has 2 aromatic carbocycles. The number of anilines is 2. The van der Waals surface area contributed by atoms with Crippen molar-refractivity contribution < 1.29 is 23.1 Å². The Morgan fingerprint density at radius 2 is 1.94 bits per heavy atom. The van der Waals surface area contributed by atoms with Gasteiger partial charge in [-0.25, -0.2) is 13.6 Å². The van der Waals surface area contributed by atoms with Gasteiger partial charge < -0.3 is 15.0 Å². The van der Waals surface area contributed by atoms with E-state index in [1.165, 1.54) is 30.0 Å². The zero-order valence-electron chi connectivity index (χ0n) is 18.9. The van der Waals surface area contributed by atoms with Crippen LogP contribution in [0.25, 0.3) is 11.1 Å². The van der Waals surface area contributed by atoms with E-state index in [2.05, 4.69) is 11.4 Å². The Hall–Kier alpha value is -3.67. The quantitative estimate of drug-likeness (QED) is 0.686. The molecule has 1 atom stereocenters. The maximum absolute atomic E-state index is 15.0. The number of carbonyl (C=O) groups is 2. The van der Waals surface area contributed by atoms with Crippen LogP contribution in [-0.4, -0.2) is 44.3 Å². The fraction of sp³-hybridized carbons (Fsp3) is 0.400. The van der Waals surface area contributed by atoms with Crippen molar-refractivity contribution in [3.63, 3.8) is 0 Å². The van der Waals surface area contributed by atoms with E-state index in [-0.39, 0.29) is 24.6 Å². The summed E-state index contributed by atoms with van der Waals surface area (Å²) in [5.74, 6) is -0.889. The average Bonchev–Trinajstić information content (AvgIpc) is 3.19. The summed E-state index contributed by atoms with van der Waals surface area (Å²) >= 11 is 0. The van der Waals surface area contributed by atoms with Gasteiger partial charge in [0.25, 0.3) is 0 Å². The van der Waals surface area contributed by atoms with Gasteiger partial charge in [0.2, 0.25) is 5.91 Å². The standard InChI is InChI=1S/C25H26F2N4O3/c1-16(32)29-14-20-15-31(25(33)34-20)19-3-4-21(22(26)13-19)18-2-5-24(23(27)12-18)30-10-7-17(6-9-28)8-11-30/h2-5,12-13,17,20H,6-8,10-11,14-15H2,1H3,(H,29,32)/t20-/m0/s1. The predicted molar refractivity (Wildman–Crippen MR) is 123 cm³/mol. The summed E-state index contributed by atoms with van der Waals surface area (Å²) in [4.78, 5) is 26.5. The van der Waals surface area contributed by atoms with Crippen LogP contribution in [0.5, 0.6) is 0 Å². The molecule has 2 saturated heterocycles. The first-order valence-electron chi connectivity index (χ1n) is 11.3. The fourth-order valence-corrected chi connectivity index (χ4v) is 4.44. The van der Waals surface area contributed by atoms with Gasteiger partial charge in [-0.1, -0.05) is 6.07 Å². The first-order chi connectivity index (χ1) is 16.4. The molecule has 0 aliphatic carbocycles. The van der Waals surface area contributed by atoms with E-state index in [0.717, 1.165) is 12.8 Å². The molecule has 0 unspecified atom stereocenters. The summed E-state index contributed by atoms with van der Waals surface area (Å²) < 4.78 is 35.1. The Kier molecular flexibility index (Phi) is 6.96. The second-order valence-electron chi connectivity index (χ2n) is 8.68. The lowest BCUT2D eigenvalue weighted by atomic mass is 9.93. The molecule has 2 heterocycles. The highest BCUT2D eigenvalue weighted by molar-refractivity contribution is 5.90. The average molecular weight is 469 g/mol. The van der Waals surface area contributed by atoms with Crippen molar-refractivity contribution in [2.45, 2.75) is 32.3 Å². The third kappa shape index (κ3) is 5.11. The monoisotopic (exact) mass is 468 g/mol. The van der Waals surface area contributed by atoms with Crippen LogP contribution < -0.4 is 15.1 Å². The van der Waals surface area contributed by atoms with Crippen LogP contribution in [0.3, 0.4) is 0 Å². The topological polar surface area (TPSA) is 85.7 Å². The number of nitrogens with one attached hydrogen (secondary N) is 1. The van der Waals surface area contributed by atoms with E-state index in [1.54, 1.807) is 18.2 Å². The molecule has 1 N–H and O–H groups in total. The number of halogens is 2. The van der Waals surface area contributed by atoms with E-state index in [1.807, 2.05) is 4.90 Å². The van der Waals surface area contributed by atoms with Gasteiger partial charge in [-0.05, 0) is 54.7 Å². The van der Waals surface area contributed by atoms with Gasteiger partial charge in [-0.15, -0.1) is 0 Å². The molecule has 9 heteroatoms. The molecule has 4 rings (SSSR count). The predicted octanol–water partition coefficient (Wildman–Crippen LogP) is 4.22. The van der Waals surface area contributed by atoms with E-state index in [0.29, 0.717) is 42.4 Å². The summed E-state index contributed by atoms with van der Waals surface area (Å²) in [6, 6.07) is 11.2. The lowest BCUT2D eigenvalue weighted by Gasteiger charge is -2.33. The second-order valence-corrected chi connectivity index (χ2v) is 8.68. The number of piperidine rings is 1. The van der Waals surface area contributed by atoms with Gasteiger partial charge in [0, 0.05) is 32.0 Å². The van der Waals surface area contributed by atoms with Crippen LogP contribution in [-0.2, 0) is 9.53 Å². The Balaban J connectivity index is 1.46. The Morgan fingerprint density at radius 3 is 2.59 bits per heavy atom. The number of hydrogen-bond acceptors (Lipinski definition) is 5. The van der Waals surface area contributed by atoms with E-state index >= 15 is 0 Å². The number of hydrogen-bond donors (Lipinski definition) is 1. The highest BCUT2D eigenvalue weighted by Gasteiger charge is 2.32. The van der Waals surface area contributed by atoms with Gasteiger partial charge >= 0.3 is 6.09 Å². The first-order valence-corrected chi connectivity index (χ1v) is 11.3. The van der Waals surface area contributed by atoms with Crippen molar-refractivity contribution in [1.82, 2.24) is 5.32 Å². The number of benzene rings is 2. The van der Waals surface area contributed by atoms with Crippen LogP contribution in [0.4, 0.5) is 25.0 Å². The van der Waals surface area contributed by atoms with E-state index in [9.17, 15) is 18.4 Å². The highest BCUT2D eigenvalue weighted by atomic mass is 19.1. The number of amides is 2. The van der Waals surface area contributed by atoms with Crippen molar-refractivity contribution >= 4 is 23.4 Å². The van der Waals surface area contributed by atoms with Gasteiger partial charge in [0.1, 0.15) is 17.7 Å². The molecule has 0 bridgehead atoms. The molecule has 2 amide bonds. The minimum atomic E-state index is -0.614. The minimum Gasteiger partial charge on any atom is -0.442 e. The summed E-state index contributed by atoms with van der Waals surface area (Å²) in [7, 11) is 0. The molecule has 0 radical (unpaired) electrons. The molecule has 0 spiro atoms. The lowest BCUT2D eigenvalue weighted by Crippen LogP contribution is -2.34. The summed E-state index contributed by atoms with van der Waals surface area (Å²) in [6.07, 6.45) is 1.07. The maximum Gasteiger partial charge on any atom is 0.414 e. The van der Waals surface area contributed by atoms with Crippen molar-refractivity contribution in [2.75, 3.05) is 36.0 Å². The Morgan fingerprint density at radius 1 is 1.18 bits per heavy atom. The molecule has 2 aliphatic rings. The van der Waals surface area contributed by atoms with Crippen molar-refractivity contribution in [2.24, 2.45) is 5.92 Å². The van der Waals surface area contributed by atoms with E-state index in [4.69, 9.17) is 10.00 Å². The summed E-state index contributed by atoms with van der Waals surface area (Å²) in [6.45, 7) is 3.10. The number of nitriles is 1. The van der Waals surface area contributed by atoms with Crippen LogP contribution >= 0.6 is 0 Å². The van der Waals surface area contributed by atoms with Crippen LogP contribution in [0.15, 0.2) is 36.4 Å². The first kappa shape index (κ1) is 23.5. The Bertz CT molecular complexity index is 1130. The summed E-state index contributed by atoms with van der Waals surface area (Å²) in [5, 5.41) is 11.5. The van der Waals surface area contributed by atoms with Crippen LogP contribution in [0, 0.1) is 28.9 Å².